The molecule has 0 aliphatic heterocycles. The first-order chi connectivity index (χ1) is 17.1. The van der Waals surface area contributed by atoms with Crippen molar-refractivity contribution in [3.63, 3.8) is 0 Å². The van der Waals surface area contributed by atoms with Crippen LogP contribution < -0.4 is 18.9 Å². The number of ether oxygens (including phenoxy) is 3. The van der Waals surface area contributed by atoms with Crippen molar-refractivity contribution in [2.75, 3.05) is 25.5 Å². The maximum atomic E-state index is 13.2. The number of halogens is 4. The van der Waals surface area contributed by atoms with Crippen molar-refractivity contribution >= 4 is 38.5 Å². The quantitative estimate of drug-likeness (QED) is 0.323. The highest BCUT2D eigenvalue weighted by Crippen LogP contribution is 2.38. The molecule has 190 valence electrons. The van der Waals surface area contributed by atoms with E-state index in [4.69, 9.17) is 25.8 Å². The highest BCUT2D eigenvalue weighted by Gasteiger charge is 2.26. The molecule has 36 heavy (non-hydrogen) atoms. The number of anilines is 1. The summed E-state index contributed by atoms with van der Waals surface area (Å²) in [6, 6.07) is 2.92. The van der Waals surface area contributed by atoms with E-state index in [9.17, 15) is 21.6 Å². The molecule has 0 amide bonds. The van der Waals surface area contributed by atoms with E-state index in [1.165, 1.54) is 32.5 Å². The second-order valence-corrected chi connectivity index (χ2v) is 8.98. The highest BCUT2D eigenvalue weighted by atomic mass is 35.5. The summed E-state index contributed by atoms with van der Waals surface area (Å²) in [6.45, 7) is -0.986. The molecule has 2 N–H and O–H groups in total. The molecule has 16 heteroatoms. The number of H-pyrrole nitrogens is 1. The normalized spacial score (nSPS) is 11.6. The van der Waals surface area contributed by atoms with Crippen LogP contribution in [0.4, 0.5) is 19.1 Å². The molecule has 0 radical (unpaired) electrons. The maximum absolute atomic E-state index is 13.2. The molecule has 3 aromatic heterocycles. The first-order valence-electron chi connectivity index (χ1n) is 9.86. The molecule has 0 aliphatic rings. The zero-order valence-corrected chi connectivity index (χ0v) is 20.0. The van der Waals surface area contributed by atoms with Gasteiger partial charge in [-0.05, 0) is 12.1 Å². The van der Waals surface area contributed by atoms with E-state index in [-0.39, 0.29) is 38.5 Å². The van der Waals surface area contributed by atoms with Crippen LogP contribution in [0.2, 0.25) is 5.02 Å². The van der Waals surface area contributed by atoms with Gasteiger partial charge in [-0.15, -0.1) is 0 Å². The van der Waals surface area contributed by atoms with Crippen LogP contribution in [0.25, 0.3) is 22.2 Å². The summed E-state index contributed by atoms with van der Waals surface area (Å²) in [5.41, 5.74) is 0.821. The summed E-state index contributed by atoms with van der Waals surface area (Å²) in [6.07, 6.45) is 0.476. The van der Waals surface area contributed by atoms with Crippen molar-refractivity contribution in [2.24, 2.45) is 0 Å². The highest BCUT2D eigenvalue weighted by molar-refractivity contribution is 7.93. The average Bonchev–Trinajstić information content (AvgIpc) is 3.28. The lowest BCUT2D eigenvalue weighted by Crippen LogP contribution is -2.16. The minimum atomic E-state index is -4.32. The van der Waals surface area contributed by atoms with Crippen molar-refractivity contribution in [3.8, 4) is 28.8 Å². The molecule has 1 aromatic carbocycles. The summed E-state index contributed by atoms with van der Waals surface area (Å²) in [7, 11) is -1.96. The minimum Gasteiger partial charge on any atom is -0.478 e. The monoisotopic (exact) mass is 544 g/mol. The predicted octanol–water partition coefficient (Wildman–Crippen LogP) is 3.67. The van der Waals surface area contributed by atoms with E-state index >= 15 is 0 Å². The second-order valence-electron chi connectivity index (χ2n) is 6.92. The average molecular weight is 545 g/mol. The van der Waals surface area contributed by atoms with Crippen LogP contribution in [0.5, 0.6) is 17.5 Å². The first-order valence-corrected chi connectivity index (χ1v) is 11.7. The predicted molar refractivity (Wildman–Crippen MR) is 122 cm³/mol. The molecule has 3 heterocycles. The number of hydrogen-bond donors (Lipinski definition) is 2. The van der Waals surface area contributed by atoms with E-state index < -0.39 is 35.0 Å². The molecule has 4 rings (SSSR count). The van der Waals surface area contributed by atoms with Gasteiger partial charge in [0.25, 0.3) is 28.2 Å². The topological polar surface area (TPSA) is 141 Å². The Bertz CT molecular complexity index is 1490. The molecule has 0 spiro atoms. The largest absolute Gasteiger partial charge is 0.478 e. The van der Waals surface area contributed by atoms with Crippen molar-refractivity contribution < 1.29 is 35.8 Å². The Hall–Kier alpha value is -3.85. The maximum Gasteiger partial charge on any atom is 0.272 e. The Morgan fingerprint density at radius 3 is 2.39 bits per heavy atom. The van der Waals surface area contributed by atoms with Crippen LogP contribution in [0.15, 0.2) is 35.6 Å². The fraction of sp³-hybridized carbons (Fsp3) is 0.200. The third-order valence-electron chi connectivity index (χ3n) is 4.70. The molecule has 0 fully saturated rings. The Morgan fingerprint density at radius 1 is 1.11 bits per heavy atom. The van der Waals surface area contributed by atoms with Crippen molar-refractivity contribution in [2.45, 2.75) is 11.3 Å². The summed E-state index contributed by atoms with van der Waals surface area (Å²) in [4.78, 5) is 17.9. The van der Waals surface area contributed by atoms with Gasteiger partial charge in [0.15, 0.2) is 0 Å². The molecule has 0 bridgehead atoms. The van der Waals surface area contributed by atoms with Gasteiger partial charge in [0.05, 0.1) is 42.8 Å². The zero-order valence-electron chi connectivity index (χ0n) is 18.4. The number of alkyl halides is 2. The number of aromatic nitrogens is 5. The minimum absolute atomic E-state index is 0.204. The number of nitrogens with one attached hydrogen (secondary N) is 2. The van der Waals surface area contributed by atoms with Gasteiger partial charge in [-0.25, -0.2) is 31.9 Å². The zero-order chi connectivity index (χ0) is 26.0. The molecule has 0 aliphatic carbocycles. The van der Waals surface area contributed by atoms with E-state index in [1.807, 2.05) is 0 Å². The van der Waals surface area contributed by atoms with Crippen LogP contribution in [-0.4, -0.2) is 60.6 Å². The SMILES string of the molecule is COc1nc(NS(=O)(=O)c2c[nH]c3c(-c4cnc(F)cn4)c(Cl)ccc23)nc(OC)c1OCC(F)F. The number of sulfonamides is 1. The van der Waals surface area contributed by atoms with E-state index in [0.717, 1.165) is 12.4 Å². The van der Waals surface area contributed by atoms with E-state index in [2.05, 4.69) is 29.6 Å². The lowest BCUT2D eigenvalue weighted by atomic mass is 10.1. The summed E-state index contributed by atoms with van der Waals surface area (Å²) in [5.74, 6) is -2.25. The van der Waals surface area contributed by atoms with Crippen molar-refractivity contribution in [1.29, 1.82) is 0 Å². The molecular formula is C20H16ClF3N6O5S. The third-order valence-corrected chi connectivity index (χ3v) is 6.39. The molecule has 11 nitrogen and oxygen atoms in total. The van der Waals surface area contributed by atoms with Gasteiger partial charge in [-0.1, -0.05) is 11.6 Å². The van der Waals surface area contributed by atoms with Crippen LogP contribution in [0.1, 0.15) is 0 Å². The Labute approximate surface area is 206 Å². The molecule has 0 saturated heterocycles. The summed E-state index contributed by atoms with van der Waals surface area (Å²) < 4.78 is 82.0. The van der Waals surface area contributed by atoms with Gasteiger partial charge < -0.3 is 19.2 Å². The van der Waals surface area contributed by atoms with Gasteiger partial charge >= 0.3 is 0 Å². The number of fused-ring (bicyclic) bond motifs is 1. The van der Waals surface area contributed by atoms with Crippen LogP contribution in [0, 0.1) is 5.95 Å². The molecule has 0 atom stereocenters. The van der Waals surface area contributed by atoms with Crippen molar-refractivity contribution in [3.05, 3.63) is 41.7 Å². The van der Waals surface area contributed by atoms with Gasteiger partial charge in [0.1, 0.15) is 11.5 Å². The van der Waals surface area contributed by atoms with Crippen LogP contribution >= 0.6 is 11.6 Å². The number of hydrogen-bond acceptors (Lipinski definition) is 9. The van der Waals surface area contributed by atoms with Gasteiger partial charge in [-0.2, -0.15) is 14.4 Å². The number of aromatic amines is 1. The van der Waals surface area contributed by atoms with E-state index in [0.29, 0.717) is 11.1 Å². The molecule has 4 aromatic rings. The summed E-state index contributed by atoms with van der Waals surface area (Å²) >= 11 is 6.30. The van der Waals surface area contributed by atoms with E-state index in [1.54, 1.807) is 0 Å². The molecule has 0 saturated carbocycles. The Balaban J connectivity index is 1.74. The van der Waals surface area contributed by atoms with Crippen LogP contribution in [-0.2, 0) is 10.0 Å². The lowest BCUT2D eigenvalue weighted by Gasteiger charge is -2.14. The second kappa shape index (κ2) is 10.0. The number of benzene rings is 1. The van der Waals surface area contributed by atoms with Gasteiger partial charge in [0.2, 0.25) is 17.6 Å². The third kappa shape index (κ3) is 4.92. The number of nitrogens with zero attached hydrogens (tertiary/aromatic N) is 4. The van der Waals surface area contributed by atoms with Crippen LogP contribution in [0.3, 0.4) is 0 Å². The lowest BCUT2D eigenvalue weighted by molar-refractivity contribution is 0.0781. The Kier molecular flexibility index (Phi) is 7.03. The number of methoxy groups -OCH3 is 2. The number of rotatable bonds is 9. The Morgan fingerprint density at radius 2 is 1.81 bits per heavy atom. The fourth-order valence-corrected chi connectivity index (χ4v) is 4.61. The van der Waals surface area contributed by atoms with Gasteiger partial charge in [-0.3, -0.25) is 0 Å². The summed E-state index contributed by atoms with van der Waals surface area (Å²) in [5, 5.41) is 0.447. The fourth-order valence-electron chi connectivity index (χ4n) is 3.24. The smallest absolute Gasteiger partial charge is 0.272 e. The van der Waals surface area contributed by atoms with Gasteiger partial charge in [0, 0.05) is 17.1 Å². The first kappa shape index (κ1) is 25.2. The van der Waals surface area contributed by atoms with Crippen molar-refractivity contribution in [1.82, 2.24) is 24.9 Å². The standard InChI is InChI=1S/C20H16ClF3N6O5S/c1-33-18-17(35-8-13(22)23)19(34-2)29-20(28-18)30-36(31,32)12-6-27-16-9(12)3-4-10(21)15(16)11-5-26-14(24)7-25-11/h3-7,13,27H,8H2,1-2H3,(H,28,29,30). The molecule has 0 unspecified atom stereocenters. The molecular weight excluding hydrogens is 529 g/mol.